The molecule has 0 aliphatic heterocycles. The minimum atomic E-state index is -1.18. The summed E-state index contributed by atoms with van der Waals surface area (Å²) >= 11 is 0. The van der Waals surface area contributed by atoms with Crippen molar-refractivity contribution in [2.75, 3.05) is 0 Å². The van der Waals surface area contributed by atoms with Crippen molar-refractivity contribution in [1.29, 1.82) is 0 Å². The van der Waals surface area contributed by atoms with Crippen molar-refractivity contribution in [3.63, 3.8) is 0 Å². The molecule has 1 N–H and O–H groups in total. The zero-order valence-electron chi connectivity index (χ0n) is 5.59. The predicted molar refractivity (Wildman–Crippen MR) is 36.0 cm³/mol. The Morgan fingerprint density at radius 1 is 1.60 bits per heavy atom. The fraction of sp³-hybridized carbons (Fsp3) is 0.200. The van der Waals surface area contributed by atoms with Gasteiger partial charge in [-0.25, -0.2) is 4.79 Å². The van der Waals surface area contributed by atoms with Gasteiger partial charge >= 0.3 is 14.0 Å². The van der Waals surface area contributed by atoms with Gasteiger partial charge in [-0.15, -0.1) is 0 Å². The molecular formula is C5H7BO4. The van der Waals surface area contributed by atoms with Gasteiger partial charge in [-0.05, 0) is 0 Å². The summed E-state index contributed by atoms with van der Waals surface area (Å²) in [6.07, 6.45) is -0.258. The maximum Gasteiger partial charge on any atom is 0.331 e. The minimum absolute atomic E-state index is 0.160. The molecule has 0 rings (SSSR count). The van der Waals surface area contributed by atoms with Gasteiger partial charge in [0.05, 0.1) is 6.42 Å². The lowest BCUT2D eigenvalue weighted by atomic mass is 10.2. The second kappa shape index (κ2) is 3.71. The van der Waals surface area contributed by atoms with Crippen molar-refractivity contribution in [2.45, 2.75) is 6.42 Å². The standard InChI is InChI=1S/C5H7BO4/c1-3(5(8)9)2-4(7)10-6/h1-2,6H2,(H,8,9). The van der Waals surface area contributed by atoms with Crippen LogP contribution in [0.4, 0.5) is 0 Å². The van der Waals surface area contributed by atoms with E-state index in [0.717, 1.165) is 0 Å². The lowest BCUT2D eigenvalue weighted by Crippen LogP contribution is -2.07. The Bertz CT molecular complexity index is 174. The third-order valence-electron chi connectivity index (χ3n) is 0.888. The molecule has 0 aliphatic rings. The van der Waals surface area contributed by atoms with Crippen molar-refractivity contribution in [3.05, 3.63) is 12.2 Å². The highest BCUT2D eigenvalue weighted by molar-refractivity contribution is 6.06. The van der Waals surface area contributed by atoms with Crippen molar-refractivity contribution < 1.29 is 19.3 Å². The van der Waals surface area contributed by atoms with Crippen molar-refractivity contribution >= 4 is 20.0 Å². The molecule has 0 fully saturated rings. The van der Waals surface area contributed by atoms with E-state index >= 15 is 0 Å². The van der Waals surface area contributed by atoms with Gasteiger partial charge in [0.15, 0.2) is 0 Å². The molecule has 54 valence electrons. The molecule has 0 radical (unpaired) electrons. The molecule has 0 aliphatic carbocycles. The topological polar surface area (TPSA) is 63.6 Å². The molecule has 10 heavy (non-hydrogen) atoms. The van der Waals surface area contributed by atoms with E-state index in [9.17, 15) is 9.59 Å². The normalized spacial score (nSPS) is 8.40. The SMILES string of the molecule is BOC(=O)CC(=C)C(=O)O. The smallest absolute Gasteiger partial charge is 0.331 e. The van der Waals surface area contributed by atoms with Gasteiger partial charge in [0.2, 0.25) is 0 Å². The average Bonchev–Trinajstić information content (AvgIpc) is 1.87. The van der Waals surface area contributed by atoms with Crippen LogP contribution < -0.4 is 0 Å². The predicted octanol–water partition coefficient (Wildman–Crippen LogP) is -0.891. The van der Waals surface area contributed by atoms with Crippen LogP contribution in [0.3, 0.4) is 0 Å². The number of hydrogen-bond acceptors (Lipinski definition) is 3. The lowest BCUT2D eigenvalue weighted by molar-refractivity contribution is -0.137. The number of carbonyl (C=O) groups excluding carboxylic acids is 1. The monoisotopic (exact) mass is 142 g/mol. The summed E-state index contributed by atoms with van der Waals surface area (Å²) in [5.41, 5.74) is -0.160. The molecule has 0 atom stereocenters. The summed E-state index contributed by atoms with van der Waals surface area (Å²) in [4.78, 5) is 20.4. The average molecular weight is 142 g/mol. The molecule has 0 aromatic heterocycles. The summed E-state index contributed by atoms with van der Waals surface area (Å²) in [6.45, 7) is 3.14. The Hall–Kier alpha value is -1.26. The van der Waals surface area contributed by atoms with Crippen LogP contribution in [0.5, 0.6) is 0 Å². The number of hydrogen-bond donors (Lipinski definition) is 1. The second-order valence-corrected chi connectivity index (χ2v) is 1.66. The van der Waals surface area contributed by atoms with Crippen LogP contribution in [0.2, 0.25) is 0 Å². The van der Waals surface area contributed by atoms with E-state index in [2.05, 4.69) is 11.2 Å². The molecule has 0 saturated heterocycles. The first kappa shape index (κ1) is 8.74. The number of carboxylic acid groups (broad SMARTS) is 1. The highest BCUT2D eigenvalue weighted by Crippen LogP contribution is 1.97. The third-order valence-corrected chi connectivity index (χ3v) is 0.888. The van der Waals surface area contributed by atoms with E-state index < -0.39 is 11.9 Å². The number of carboxylic acids is 1. The molecule has 0 spiro atoms. The number of rotatable bonds is 3. The van der Waals surface area contributed by atoms with Gasteiger partial charge in [-0.3, -0.25) is 4.79 Å². The molecule has 0 unspecified atom stereocenters. The first-order valence-electron chi connectivity index (χ1n) is 2.55. The second-order valence-electron chi connectivity index (χ2n) is 1.66. The summed E-state index contributed by atoms with van der Waals surface area (Å²) < 4.78 is 4.21. The van der Waals surface area contributed by atoms with Gasteiger partial charge in [-0.1, -0.05) is 6.58 Å². The Balaban J connectivity index is 3.80. The zero-order valence-corrected chi connectivity index (χ0v) is 5.59. The van der Waals surface area contributed by atoms with Crippen LogP contribution in [0.25, 0.3) is 0 Å². The van der Waals surface area contributed by atoms with E-state index in [0.29, 0.717) is 0 Å². The van der Waals surface area contributed by atoms with E-state index in [1.165, 1.54) is 8.05 Å². The molecule has 0 bridgehead atoms. The number of carbonyl (C=O) groups is 2. The minimum Gasteiger partial charge on any atom is -0.543 e. The van der Waals surface area contributed by atoms with E-state index in [1.807, 2.05) is 0 Å². The Morgan fingerprint density at radius 3 is 2.40 bits per heavy atom. The Kier molecular flexibility index (Phi) is 3.24. The summed E-state index contributed by atoms with van der Waals surface area (Å²) in [5.74, 6) is -1.77. The summed E-state index contributed by atoms with van der Waals surface area (Å²) in [6, 6.07) is 0. The quantitative estimate of drug-likeness (QED) is 0.410. The van der Waals surface area contributed by atoms with Crippen LogP contribution in [-0.2, 0) is 14.2 Å². The van der Waals surface area contributed by atoms with Gasteiger partial charge < -0.3 is 9.76 Å². The van der Waals surface area contributed by atoms with Crippen LogP contribution >= 0.6 is 0 Å². The summed E-state index contributed by atoms with van der Waals surface area (Å²) in [5, 5.41) is 8.22. The molecular weight excluding hydrogens is 135 g/mol. The van der Waals surface area contributed by atoms with E-state index in [1.54, 1.807) is 0 Å². The van der Waals surface area contributed by atoms with Gasteiger partial charge in [0, 0.05) is 5.57 Å². The number of aliphatic carboxylic acids is 1. The fourth-order valence-electron chi connectivity index (χ4n) is 0.322. The van der Waals surface area contributed by atoms with Crippen molar-refractivity contribution in [1.82, 2.24) is 0 Å². The van der Waals surface area contributed by atoms with Crippen LogP contribution in [0.15, 0.2) is 12.2 Å². The summed E-state index contributed by atoms with van der Waals surface area (Å²) in [7, 11) is 1.19. The van der Waals surface area contributed by atoms with Crippen LogP contribution in [0, 0.1) is 0 Å². The molecule has 5 heteroatoms. The maximum absolute atomic E-state index is 10.4. The van der Waals surface area contributed by atoms with Gasteiger partial charge in [0.25, 0.3) is 5.97 Å². The molecule has 0 aromatic carbocycles. The van der Waals surface area contributed by atoms with E-state index in [4.69, 9.17) is 5.11 Å². The highest BCUT2D eigenvalue weighted by Gasteiger charge is 2.08. The molecule has 4 nitrogen and oxygen atoms in total. The molecule has 0 heterocycles. The lowest BCUT2D eigenvalue weighted by Gasteiger charge is -1.97. The highest BCUT2D eigenvalue weighted by atomic mass is 16.5. The third kappa shape index (κ3) is 2.91. The van der Waals surface area contributed by atoms with Gasteiger partial charge in [0.1, 0.15) is 0 Å². The largest absolute Gasteiger partial charge is 0.543 e. The van der Waals surface area contributed by atoms with E-state index in [-0.39, 0.29) is 12.0 Å². The molecule has 0 saturated carbocycles. The molecule has 0 aromatic rings. The van der Waals surface area contributed by atoms with Crippen LogP contribution in [-0.4, -0.2) is 25.1 Å². The Labute approximate surface area is 58.9 Å². The Morgan fingerprint density at radius 2 is 2.10 bits per heavy atom. The molecule has 0 amide bonds. The fourth-order valence-corrected chi connectivity index (χ4v) is 0.322. The van der Waals surface area contributed by atoms with Gasteiger partial charge in [-0.2, -0.15) is 0 Å². The van der Waals surface area contributed by atoms with Crippen molar-refractivity contribution in [2.24, 2.45) is 0 Å². The first-order valence-corrected chi connectivity index (χ1v) is 2.55. The first-order chi connectivity index (χ1) is 4.57. The maximum atomic E-state index is 10.4. The van der Waals surface area contributed by atoms with Crippen LogP contribution in [0.1, 0.15) is 6.42 Å². The van der Waals surface area contributed by atoms with Crippen molar-refractivity contribution in [3.8, 4) is 0 Å². The zero-order chi connectivity index (χ0) is 8.15.